The molecule has 1 N–H and O–H groups in total. The number of carbonyl (C=O) groups excluding carboxylic acids is 3. The summed E-state index contributed by atoms with van der Waals surface area (Å²) >= 11 is 1.73. The topological polar surface area (TPSA) is 95.0 Å². The molecular weight excluding hydrogens is 641 g/mol. The third-order valence-electron chi connectivity index (χ3n) is 6.68. The molecule has 0 aliphatic carbocycles. The number of carbonyl (C=O) groups is 3. The number of piperidine rings is 1. The van der Waals surface area contributed by atoms with Crippen molar-refractivity contribution in [2.24, 2.45) is 4.99 Å². The Hall–Kier alpha value is -4.40. The summed E-state index contributed by atoms with van der Waals surface area (Å²) in [5.74, 6) is 0.490. The minimum Gasteiger partial charge on any atom is -0.344 e. The van der Waals surface area contributed by atoms with E-state index in [0.717, 1.165) is 49.0 Å². The molecule has 254 valence electrons. The van der Waals surface area contributed by atoms with Crippen molar-refractivity contribution in [3.05, 3.63) is 101 Å². The monoisotopic (exact) mass is 679 g/mol. The van der Waals surface area contributed by atoms with Gasteiger partial charge in [0.05, 0.1) is 11.2 Å². The average Bonchev–Trinajstić information content (AvgIpc) is 3.57. The summed E-state index contributed by atoms with van der Waals surface area (Å²) in [4.78, 5) is 39.9. The largest absolute Gasteiger partial charge is 0.483 e. The van der Waals surface area contributed by atoms with Gasteiger partial charge in [0.15, 0.2) is 0 Å². The van der Waals surface area contributed by atoms with Crippen molar-refractivity contribution in [3.8, 4) is 0 Å². The number of thiazole rings is 1. The fourth-order valence-corrected chi connectivity index (χ4v) is 5.17. The highest BCUT2D eigenvalue weighted by atomic mass is 32.1. The average molecular weight is 680 g/mol. The minimum absolute atomic E-state index is 0.265. The zero-order valence-electron chi connectivity index (χ0n) is 26.2. The second kappa shape index (κ2) is 21.4. The first-order valence-corrected chi connectivity index (χ1v) is 15.0. The molecule has 0 spiro atoms. The molecule has 0 unspecified atom stereocenters. The van der Waals surface area contributed by atoms with Gasteiger partial charge in [-0.3, -0.25) is 19.6 Å². The summed E-state index contributed by atoms with van der Waals surface area (Å²) in [6.45, 7) is 13.9. The number of aromatic nitrogens is 1. The van der Waals surface area contributed by atoms with Gasteiger partial charge in [0.2, 0.25) is 0 Å². The second-order valence-corrected chi connectivity index (χ2v) is 10.9. The number of amidine groups is 1. The molecule has 47 heavy (non-hydrogen) atoms. The maximum Gasteiger partial charge on any atom is 0.483 e. The molecule has 8 nitrogen and oxygen atoms in total. The molecule has 2 heterocycles. The molecule has 0 radical (unpaired) electrons. The van der Waals surface area contributed by atoms with E-state index in [-0.39, 0.29) is 5.82 Å². The van der Waals surface area contributed by atoms with Crippen LogP contribution in [-0.4, -0.2) is 72.6 Å². The molecule has 0 saturated carbocycles. The summed E-state index contributed by atoms with van der Waals surface area (Å²) < 4.78 is 55.1. The molecule has 3 aromatic rings. The summed E-state index contributed by atoms with van der Waals surface area (Å²) in [7, 11) is 2.23. The highest BCUT2D eigenvalue weighted by molar-refractivity contribution is 7.09. The van der Waals surface area contributed by atoms with Crippen molar-refractivity contribution in [2.45, 2.75) is 45.1 Å². The number of benzene rings is 2. The van der Waals surface area contributed by atoms with Crippen LogP contribution in [0.4, 0.5) is 27.6 Å². The van der Waals surface area contributed by atoms with Crippen LogP contribution in [0, 0.1) is 5.82 Å². The Balaban J connectivity index is 0.000000879. The normalized spacial score (nSPS) is 14.0. The molecule has 1 aliphatic rings. The standard InChI is InChI=1S/C29H34FN5S.C2F4O.2CH2O/c1-4-5-29(24-8-10-25(30)11-9-24)33-22(2)32-26-12-6-23(7-13-26)19-35-16-14-27(15-17-35)34(3)20-28-18-31-21-36-28;3-1(7)2(4,5)6;2*1-2/h4-13,18,21,27H,1,14-17,19-20H2,2-3H3,(H,32,33);;2*1H2/b29-5-;;;. The fraction of sp³-hybridized carbons (Fsp3) is 0.303. The summed E-state index contributed by atoms with van der Waals surface area (Å²) in [5.41, 5.74) is 5.77. The van der Waals surface area contributed by atoms with E-state index < -0.39 is 12.2 Å². The third-order valence-corrected chi connectivity index (χ3v) is 7.45. The molecule has 1 saturated heterocycles. The van der Waals surface area contributed by atoms with Gasteiger partial charge in [0.25, 0.3) is 0 Å². The lowest BCUT2D eigenvalue weighted by Crippen LogP contribution is -2.42. The number of hydrogen-bond donors (Lipinski definition) is 1. The molecule has 14 heteroatoms. The smallest absolute Gasteiger partial charge is 0.344 e. The van der Waals surface area contributed by atoms with Crippen LogP contribution in [0.5, 0.6) is 0 Å². The predicted octanol–water partition coefficient (Wildman–Crippen LogP) is 7.11. The lowest BCUT2D eigenvalue weighted by atomic mass is 10.0. The van der Waals surface area contributed by atoms with Crippen molar-refractivity contribution < 1.29 is 36.3 Å². The maximum atomic E-state index is 13.3. The molecule has 0 bridgehead atoms. The number of rotatable bonds is 9. The van der Waals surface area contributed by atoms with Crippen molar-refractivity contribution >= 4 is 48.2 Å². The van der Waals surface area contributed by atoms with E-state index in [4.69, 9.17) is 14.4 Å². The Morgan fingerprint density at radius 3 is 2.15 bits per heavy atom. The van der Waals surface area contributed by atoms with E-state index in [1.165, 1.54) is 35.4 Å². The van der Waals surface area contributed by atoms with Crippen LogP contribution in [-0.2, 0) is 27.5 Å². The van der Waals surface area contributed by atoms with Gasteiger partial charge in [0.1, 0.15) is 25.2 Å². The summed E-state index contributed by atoms with van der Waals surface area (Å²) in [6, 6.07) is 12.2. The van der Waals surface area contributed by atoms with E-state index in [1.54, 1.807) is 29.5 Å². The lowest BCUT2D eigenvalue weighted by Gasteiger charge is -2.36. The number of aliphatic imine (C=N–C) groups is 1. The van der Waals surface area contributed by atoms with Gasteiger partial charge in [-0.25, -0.2) is 9.38 Å². The number of halogens is 5. The van der Waals surface area contributed by atoms with Crippen molar-refractivity contribution in [3.63, 3.8) is 0 Å². The summed E-state index contributed by atoms with van der Waals surface area (Å²) in [5, 5.41) is 3.36. The Bertz CT molecular complexity index is 1410. The first-order valence-electron chi connectivity index (χ1n) is 14.1. The molecule has 1 fully saturated rings. The third kappa shape index (κ3) is 15.2. The fourth-order valence-electron chi connectivity index (χ4n) is 4.51. The van der Waals surface area contributed by atoms with Crippen molar-refractivity contribution in [1.82, 2.24) is 14.8 Å². The van der Waals surface area contributed by atoms with Crippen LogP contribution in [0.1, 0.15) is 35.8 Å². The second-order valence-electron chi connectivity index (χ2n) is 9.98. The quantitative estimate of drug-likeness (QED) is 0.0847. The van der Waals surface area contributed by atoms with Crippen LogP contribution < -0.4 is 5.32 Å². The lowest BCUT2D eigenvalue weighted by molar-refractivity contribution is -0.183. The molecule has 4 rings (SSSR count). The van der Waals surface area contributed by atoms with Gasteiger partial charge >= 0.3 is 12.2 Å². The van der Waals surface area contributed by atoms with E-state index in [0.29, 0.717) is 6.04 Å². The zero-order valence-corrected chi connectivity index (χ0v) is 27.0. The predicted molar refractivity (Wildman–Crippen MR) is 176 cm³/mol. The SMILES string of the molecule is C=C/C=C(\N=C(C)Nc1ccc(CN2CCC(N(C)Cc3cncs3)CC2)cc1)c1ccc(F)cc1.C=O.C=O.O=C(F)C(F)(F)F. The van der Waals surface area contributed by atoms with E-state index in [2.05, 4.69) is 63.0 Å². The van der Waals surface area contributed by atoms with Gasteiger partial charge in [-0.1, -0.05) is 24.8 Å². The Morgan fingerprint density at radius 2 is 1.66 bits per heavy atom. The van der Waals surface area contributed by atoms with Gasteiger partial charge in [-0.2, -0.15) is 17.6 Å². The number of allylic oxidation sites excluding steroid dienone is 2. The van der Waals surface area contributed by atoms with E-state index in [1.807, 2.05) is 38.3 Å². The number of nitrogens with one attached hydrogen (secondary N) is 1. The number of hydrogen-bond acceptors (Lipinski definition) is 8. The van der Waals surface area contributed by atoms with Crippen LogP contribution in [0.25, 0.3) is 5.70 Å². The molecule has 1 aliphatic heterocycles. The molecule has 0 amide bonds. The Labute approximate surface area is 275 Å². The van der Waals surface area contributed by atoms with E-state index >= 15 is 0 Å². The summed E-state index contributed by atoms with van der Waals surface area (Å²) in [6.07, 6.45) is 2.57. The maximum absolute atomic E-state index is 13.3. The molecule has 1 aromatic heterocycles. The zero-order chi connectivity index (χ0) is 35.4. The van der Waals surface area contributed by atoms with Crippen LogP contribution in [0.15, 0.2) is 84.0 Å². The van der Waals surface area contributed by atoms with Crippen LogP contribution in [0.3, 0.4) is 0 Å². The van der Waals surface area contributed by atoms with Gasteiger partial charge in [-0.15, -0.1) is 11.3 Å². The number of alkyl halides is 3. The first kappa shape index (κ1) is 40.6. The van der Waals surface area contributed by atoms with Crippen molar-refractivity contribution in [1.29, 1.82) is 0 Å². The Kier molecular flexibility index (Phi) is 18.5. The molecule has 2 aromatic carbocycles. The number of likely N-dealkylation sites (tertiary alicyclic amines) is 1. The molecular formula is C33H38F5N5O3S. The molecule has 0 atom stereocenters. The highest BCUT2D eigenvalue weighted by Gasteiger charge is 2.38. The Morgan fingerprint density at radius 1 is 1.09 bits per heavy atom. The number of anilines is 1. The van der Waals surface area contributed by atoms with Crippen molar-refractivity contribution in [2.75, 3.05) is 25.5 Å². The minimum atomic E-state index is -5.31. The number of nitrogens with zero attached hydrogens (tertiary/aromatic N) is 4. The van der Waals surface area contributed by atoms with Gasteiger partial charge in [-0.05, 0) is 87.9 Å². The van der Waals surface area contributed by atoms with E-state index in [9.17, 15) is 22.0 Å². The van der Waals surface area contributed by atoms with Crippen LogP contribution in [0.2, 0.25) is 0 Å². The first-order chi connectivity index (χ1) is 22.4. The van der Waals surface area contributed by atoms with Gasteiger partial charge < -0.3 is 14.9 Å². The van der Waals surface area contributed by atoms with Gasteiger partial charge in [0, 0.05) is 41.5 Å². The van der Waals surface area contributed by atoms with Crippen LogP contribution >= 0.6 is 11.3 Å². The highest BCUT2D eigenvalue weighted by Crippen LogP contribution is 2.22.